The van der Waals surface area contributed by atoms with Crippen LogP contribution in [0.3, 0.4) is 0 Å². The maximum absolute atomic E-state index is 10.8. The van der Waals surface area contributed by atoms with Crippen molar-refractivity contribution >= 4 is 0 Å². The van der Waals surface area contributed by atoms with Gasteiger partial charge in [-0.25, -0.2) is 0 Å². The Morgan fingerprint density at radius 3 is 2.65 bits per heavy atom. The topological polar surface area (TPSA) is 41.5 Å². The summed E-state index contributed by atoms with van der Waals surface area (Å²) in [4.78, 5) is 0. The van der Waals surface area contributed by atoms with E-state index in [0.717, 1.165) is 44.9 Å². The van der Waals surface area contributed by atoms with E-state index in [1.54, 1.807) is 23.8 Å². The van der Waals surface area contributed by atoms with E-state index in [1.165, 1.54) is 32.1 Å². The van der Waals surface area contributed by atoms with E-state index in [2.05, 4.69) is 46.0 Å². The number of fused-ring (bicyclic) bond motifs is 4. The Labute approximate surface area is 191 Å². The molecule has 0 bridgehead atoms. The van der Waals surface area contributed by atoms with Crippen LogP contribution in [0, 0.1) is 34.0 Å². The summed E-state index contributed by atoms with van der Waals surface area (Å²) in [6, 6.07) is 0. The first-order valence-electron chi connectivity index (χ1n) is 13.0. The fraction of sp³-hybridized carbons (Fsp3) is 0.857. The van der Waals surface area contributed by atoms with Crippen LogP contribution < -0.4 is 5.32 Å². The number of aliphatic hydroxyl groups is 1. The van der Waals surface area contributed by atoms with Gasteiger partial charge in [0.05, 0.1) is 6.10 Å². The number of methoxy groups -OCH3 is 1. The van der Waals surface area contributed by atoms with Crippen LogP contribution in [0.4, 0.5) is 0 Å². The van der Waals surface area contributed by atoms with Crippen LogP contribution in [0.5, 0.6) is 0 Å². The second-order valence-corrected chi connectivity index (χ2v) is 12.2. The first-order chi connectivity index (χ1) is 14.7. The molecule has 0 heterocycles. The first-order valence-corrected chi connectivity index (χ1v) is 13.0. The highest BCUT2D eigenvalue weighted by Gasteiger charge is 2.57. The molecule has 3 nitrogen and oxygen atoms in total. The molecule has 0 aromatic heterocycles. The molecule has 0 radical (unpaired) electrons. The van der Waals surface area contributed by atoms with E-state index in [-0.39, 0.29) is 16.9 Å². The fourth-order valence-corrected chi connectivity index (χ4v) is 8.39. The van der Waals surface area contributed by atoms with Crippen molar-refractivity contribution in [3.8, 4) is 0 Å². The summed E-state index contributed by atoms with van der Waals surface area (Å²) in [6.45, 7) is 15.2. The molecule has 0 aromatic carbocycles. The molecule has 0 spiro atoms. The number of hydrogen-bond donors (Lipinski definition) is 2. The van der Waals surface area contributed by atoms with Gasteiger partial charge in [0, 0.05) is 13.7 Å². The second kappa shape index (κ2) is 8.61. The van der Waals surface area contributed by atoms with Gasteiger partial charge < -0.3 is 15.2 Å². The molecule has 4 rings (SSSR count). The lowest BCUT2D eigenvalue weighted by atomic mass is 9.46. The van der Waals surface area contributed by atoms with Crippen LogP contribution in [-0.2, 0) is 4.74 Å². The summed E-state index contributed by atoms with van der Waals surface area (Å²) in [5, 5.41) is 14.4. The third-order valence-corrected chi connectivity index (χ3v) is 10.3. The van der Waals surface area contributed by atoms with Gasteiger partial charge in [-0.1, -0.05) is 46.3 Å². The molecule has 3 heteroatoms. The average Bonchev–Trinajstić information content (AvgIpc) is 3.08. The zero-order valence-corrected chi connectivity index (χ0v) is 21.0. The second-order valence-electron chi connectivity index (χ2n) is 12.2. The van der Waals surface area contributed by atoms with E-state index in [9.17, 15) is 5.11 Å². The molecular weight excluding hydrogens is 382 g/mol. The van der Waals surface area contributed by atoms with Crippen LogP contribution in [0.1, 0.15) is 86.0 Å². The van der Waals surface area contributed by atoms with E-state index in [0.29, 0.717) is 17.3 Å². The summed E-state index contributed by atoms with van der Waals surface area (Å²) < 4.78 is 5.18. The highest BCUT2D eigenvalue weighted by Crippen LogP contribution is 2.66. The summed E-state index contributed by atoms with van der Waals surface area (Å²) in [5.41, 5.74) is 5.89. The lowest BCUT2D eigenvalue weighted by molar-refractivity contribution is -0.0905. The zero-order chi connectivity index (χ0) is 22.4. The molecule has 31 heavy (non-hydrogen) atoms. The van der Waals surface area contributed by atoms with Gasteiger partial charge in [0.15, 0.2) is 0 Å². The van der Waals surface area contributed by atoms with Gasteiger partial charge in [-0.3, -0.25) is 0 Å². The van der Waals surface area contributed by atoms with Crippen LogP contribution in [0.25, 0.3) is 0 Å². The quantitative estimate of drug-likeness (QED) is 0.496. The lowest BCUT2D eigenvalue weighted by Crippen LogP contribution is -2.53. The molecule has 0 aromatic rings. The molecule has 1 saturated carbocycles. The van der Waals surface area contributed by atoms with E-state index >= 15 is 0 Å². The molecule has 0 amide bonds. The van der Waals surface area contributed by atoms with Crippen molar-refractivity contribution < 1.29 is 9.84 Å². The van der Waals surface area contributed by atoms with Gasteiger partial charge in [0.2, 0.25) is 0 Å². The Balaban J connectivity index is 1.52. The SMILES string of the molecule is COCCCNC[C@@H](C)[C@H]1CC=C2C3=C(CC[C@@]21C)[C@@]1(C)CCC(O)C(C)(C)C1CC3. The van der Waals surface area contributed by atoms with Gasteiger partial charge in [-0.15, -0.1) is 0 Å². The first kappa shape index (κ1) is 23.5. The number of allylic oxidation sites excluding steroid dienone is 4. The van der Waals surface area contributed by atoms with E-state index < -0.39 is 0 Å². The summed E-state index contributed by atoms with van der Waals surface area (Å²) in [7, 11) is 1.78. The standard InChI is InChI=1S/C28H47NO2/c1-19(18-29-16-7-17-31-6)21-9-10-22-20-8-11-24-26(2,3)25(30)13-15-28(24,5)23(20)12-14-27(21,22)4/h10,19,21,24-25,29-30H,7-9,11-18H2,1-6H3/t19-,21-,24?,25?,27-,28-/m1/s1. The van der Waals surface area contributed by atoms with Crippen molar-refractivity contribution in [1.82, 2.24) is 5.32 Å². The van der Waals surface area contributed by atoms with E-state index in [1.807, 2.05) is 0 Å². The zero-order valence-electron chi connectivity index (χ0n) is 21.0. The van der Waals surface area contributed by atoms with Crippen molar-refractivity contribution in [3.63, 3.8) is 0 Å². The van der Waals surface area contributed by atoms with Gasteiger partial charge in [-0.05, 0) is 110 Å². The van der Waals surface area contributed by atoms with Gasteiger partial charge in [0.1, 0.15) is 0 Å². The van der Waals surface area contributed by atoms with Crippen LogP contribution >= 0.6 is 0 Å². The highest BCUT2D eigenvalue weighted by molar-refractivity contribution is 5.49. The van der Waals surface area contributed by atoms with Crippen molar-refractivity contribution in [2.75, 3.05) is 26.8 Å². The monoisotopic (exact) mass is 429 g/mol. The number of nitrogens with one attached hydrogen (secondary N) is 1. The predicted molar refractivity (Wildman–Crippen MR) is 129 cm³/mol. The van der Waals surface area contributed by atoms with Gasteiger partial charge in [-0.2, -0.15) is 0 Å². The lowest BCUT2D eigenvalue weighted by Gasteiger charge is -2.59. The molecule has 2 unspecified atom stereocenters. The number of ether oxygens (including phenoxy) is 1. The smallest absolute Gasteiger partial charge is 0.0594 e. The van der Waals surface area contributed by atoms with Crippen molar-refractivity contribution in [1.29, 1.82) is 0 Å². The fourth-order valence-electron chi connectivity index (χ4n) is 8.39. The average molecular weight is 430 g/mol. The third-order valence-electron chi connectivity index (χ3n) is 10.3. The molecule has 4 aliphatic rings. The molecule has 1 fully saturated rings. The Morgan fingerprint density at radius 2 is 1.90 bits per heavy atom. The van der Waals surface area contributed by atoms with Crippen LogP contribution in [-0.4, -0.2) is 38.0 Å². The third kappa shape index (κ3) is 3.77. The summed E-state index contributed by atoms with van der Waals surface area (Å²) in [6.07, 6.45) is 12.0. The normalized spacial score (nSPS) is 40.1. The largest absolute Gasteiger partial charge is 0.393 e. The van der Waals surface area contributed by atoms with Gasteiger partial charge >= 0.3 is 0 Å². The summed E-state index contributed by atoms with van der Waals surface area (Å²) in [5.74, 6) is 2.06. The molecule has 176 valence electrons. The van der Waals surface area contributed by atoms with Crippen molar-refractivity contribution in [3.05, 3.63) is 22.8 Å². The maximum Gasteiger partial charge on any atom is 0.0594 e. The van der Waals surface area contributed by atoms with Crippen LogP contribution in [0.2, 0.25) is 0 Å². The van der Waals surface area contributed by atoms with Crippen molar-refractivity contribution in [2.24, 2.45) is 34.0 Å². The summed E-state index contributed by atoms with van der Waals surface area (Å²) >= 11 is 0. The van der Waals surface area contributed by atoms with Crippen molar-refractivity contribution in [2.45, 2.75) is 92.1 Å². The minimum Gasteiger partial charge on any atom is -0.393 e. The minimum atomic E-state index is -0.145. The Morgan fingerprint density at radius 1 is 1.13 bits per heavy atom. The molecule has 0 aliphatic heterocycles. The molecule has 4 aliphatic carbocycles. The van der Waals surface area contributed by atoms with Crippen LogP contribution in [0.15, 0.2) is 22.8 Å². The predicted octanol–water partition coefficient (Wildman–Crippen LogP) is 5.89. The highest BCUT2D eigenvalue weighted by atomic mass is 16.5. The molecule has 0 saturated heterocycles. The Hall–Kier alpha value is -0.640. The number of rotatable bonds is 7. The number of hydrogen-bond acceptors (Lipinski definition) is 3. The molecular formula is C28H47NO2. The Bertz CT molecular complexity index is 737. The minimum absolute atomic E-state index is 0.0296. The Kier molecular flexibility index (Phi) is 6.53. The molecule has 6 atom stereocenters. The van der Waals surface area contributed by atoms with Gasteiger partial charge in [0.25, 0.3) is 0 Å². The maximum atomic E-state index is 10.8. The van der Waals surface area contributed by atoms with E-state index in [4.69, 9.17) is 4.74 Å². The molecule has 2 N–H and O–H groups in total. The number of aliphatic hydroxyl groups excluding tert-OH is 1.